The second-order valence-electron chi connectivity index (χ2n) is 2.68. The first-order chi connectivity index (χ1) is 5.90. The Balaban J connectivity index is 2.47. The number of hydrogen-bond acceptors (Lipinski definition) is 2. The van der Waals surface area contributed by atoms with Crippen LogP contribution >= 0.6 is 11.3 Å². The highest BCUT2D eigenvalue weighted by molar-refractivity contribution is 7.18. The Morgan fingerprint density at radius 3 is 2.92 bits per heavy atom. The van der Waals surface area contributed by atoms with E-state index in [9.17, 15) is 0 Å². The van der Waals surface area contributed by atoms with E-state index in [1.54, 1.807) is 11.3 Å². The van der Waals surface area contributed by atoms with Crippen molar-refractivity contribution < 1.29 is 0 Å². The van der Waals surface area contributed by atoms with Crippen molar-refractivity contribution in [2.24, 2.45) is 0 Å². The molecule has 0 aliphatic heterocycles. The van der Waals surface area contributed by atoms with Crippen LogP contribution in [0.25, 0.3) is 10.2 Å². The van der Waals surface area contributed by atoms with Gasteiger partial charge in [-0.2, -0.15) is 0 Å². The Morgan fingerprint density at radius 2 is 2.17 bits per heavy atom. The minimum absolute atomic E-state index is 0.930. The lowest BCUT2D eigenvalue weighted by molar-refractivity contribution is 0.985. The molecule has 2 heteroatoms. The lowest BCUT2D eigenvalue weighted by atomic mass is 10.3. The average Bonchev–Trinajstić information content (AvgIpc) is 2.47. The molecule has 0 aliphatic carbocycles. The molecule has 2 rings (SSSR count). The second-order valence-corrected chi connectivity index (χ2v) is 3.79. The highest BCUT2D eigenvalue weighted by Gasteiger charge is 2.00. The minimum atomic E-state index is 0.930. The third kappa shape index (κ3) is 1.34. The molecular weight excluding hydrogens is 166 g/mol. The van der Waals surface area contributed by atoms with Crippen molar-refractivity contribution in [1.82, 2.24) is 4.98 Å². The Bertz CT molecular complexity index is 345. The van der Waals surface area contributed by atoms with E-state index in [4.69, 9.17) is 0 Å². The van der Waals surface area contributed by atoms with Gasteiger partial charge in [0.15, 0.2) is 0 Å². The SMILES string of the molecule is [CH2]CCc1nc2ccccc2s1. The van der Waals surface area contributed by atoms with Gasteiger partial charge in [-0.15, -0.1) is 11.3 Å². The van der Waals surface area contributed by atoms with E-state index in [0.29, 0.717) is 0 Å². The van der Waals surface area contributed by atoms with Crippen molar-refractivity contribution in [2.45, 2.75) is 12.8 Å². The third-order valence-electron chi connectivity index (χ3n) is 1.73. The molecule has 0 bridgehead atoms. The Morgan fingerprint density at radius 1 is 1.33 bits per heavy atom. The van der Waals surface area contributed by atoms with Crippen LogP contribution in [0.2, 0.25) is 0 Å². The Labute approximate surface area is 76.1 Å². The van der Waals surface area contributed by atoms with Crippen LogP contribution in [-0.2, 0) is 6.42 Å². The number of aryl methyl sites for hydroxylation is 1. The molecule has 0 saturated carbocycles. The fourth-order valence-corrected chi connectivity index (χ4v) is 2.19. The molecule has 2 aromatic rings. The summed E-state index contributed by atoms with van der Waals surface area (Å²) in [4.78, 5) is 4.48. The molecule has 0 saturated heterocycles. The van der Waals surface area contributed by atoms with Gasteiger partial charge < -0.3 is 0 Å². The smallest absolute Gasteiger partial charge is 0.0938 e. The zero-order valence-corrected chi connectivity index (χ0v) is 7.60. The molecular formula is C10H10NS. The quantitative estimate of drug-likeness (QED) is 0.685. The zero-order chi connectivity index (χ0) is 8.39. The van der Waals surface area contributed by atoms with Crippen LogP contribution < -0.4 is 0 Å². The molecule has 0 atom stereocenters. The molecule has 1 nitrogen and oxygen atoms in total. The van der Waals surface area contributed by atoms with Crippen LogP contribution in [0.3, 0.4) is 0 Å². The summed E-state index contributed by atoms with van der Waals surface area (Å²) in [6.07, 6.45) is 1.93. The molecule has 1 aromatic carbocycles. The minimum Gasteiger partial charge on any atom is -0.241 e. The van der Waals surface area contributed by atoms with E-state index in [1.165, 1.54) is 9.71 Å². The average molecular weight is 176 g/mol. The molecule has 0 fully saturated rings. The molecule has 0 N–H and O–H groups in total. The summed E-state index contributed by atoms with van der Waals surface area (Å²) in [6, 6.07) is 8.24. The Hall–Kier alpha value is -0.890. The molecule has 61 valence electrons. The first-order valence-corrected chi connectivity index (χ1v) is 4.85. The number of para-hydroxylation sites is 1. The van der Waals surface area contributed by atoms with Crippen molar-refractivity contribution in [3.63, 3.8) is 0 Å². The first-order valence-electron chi connectivity index (χ1n) is 4.04. The highest BCUT2D eigenvalue weighted by atomic mass is 32.1. The first kappa shape index (κ1) is 7.74. The maximum absolute atomic E-state index is 4.48. The van der Waals surface area contributed by atoms with Crippen LogP contribution in [0.15, 0.2) is 24.3 Å². The lowest BCUT2D eigenvalue weighted by Crippen LogP contribution is -1.78. The largest absolute Gasteiger partial charge is 0.241 e. The van der Waals surface area contributed by atoms with Crippen LogP contribution in [-0.4, -0.2) is 4.98 Å². The fraction of sp³-hybridized carbons (Fsp3) is 0.200. The summed E-state index contributed by atoms with van der Waals surface area (Å²) in [7, 11) is 0. The van der Waals surface area contributed by atoms with E-state index >= 15 is 0 Å². The van der Waals surface area contributed by atoms with Crippen molar-refractivity contribution in [1.29, 1.82) is 0 Å². The number of benzene rings is 1. The number of rotatable bonds is 2. The van der Waals surface area contributed by atoms with Gasteiger partial charge in [0.2, 0.25) is 0 Å². The van der Waals surface area contributed by atoms with Gasteiger partial charge in [-0.3, -0.25) is 0 Å². The summed E-state index contributed by atoms with van der Waals surface area (Å²) in [5.74, 6) is 0. The van der Waals surface area contributed by atoms with Gasteiger partial charge in [0.25, 0.3) is 0 Å². The van der Waals surface area contributed by atoms with Gasteiger partial charge in [0.05, 0.1) is 15.2 Å². The van der Waals surface area contributed by atoms with Gasteiger partial charge in [0.1, 0.15) is 0 Å². The van der Waals surface area contributed by atoms with Crippen LogP contribution in [0.5, 0.6) is 0 Å². The molecule has 1 radical (unpaired) electrons. The highest BCUT2D eigenvalue weighted by Crippen LogP contribution is 2.21. The predicted molar refractivity (Wildman–Crippen MR) is 53.3 cm³/mol. The van der Waals surface area contributed by atoms with Crippen molar-refractivity contribution in [2.75, 3.05) is 0 Å². The standard InChI is InChI=1S/C10H10NS/c1-2-5-10-11-8-6-3-4-7-9(8)12-10/h3-4,6-7H,1-2,5H2. The number of fused-ring (bicyclic) bond motifs is 1. The third-order valence-corrected chi connectivity index (χ3v) is 2.82. The van der Waals surface area contributed by atoms with Crippen molar-refractivity contribution >= 4 is 21.6 Å². The molecule has 0 spiro atoms. The lowest BCUT2D eigenvalue weighted by Gasteiger charge is -1.84. The maximum atomic E-state index is 4.48. The van der Waals surface area contributed by atoms with Gasteiger partial charge in [0, 0.05) is 0 Å². The molecule has 0 aliphatic rings. The van der Waals surface area contributed by atoms with Crippen molar-refractivity contribution in [3.05, 3.63) is 36.2 Å². The Kier molecular flexibility index (Phi) is 2.09. The molecule has 1 heterocycles. The molecule has 0 amide bonds. The van der Waals surface area contributed by atoms with Crippen LogP contribution in [0.4, 0.5) is 0 Å². The number of hydrogen-bond donors (Lipinski definition) is 0. The molecule has 0 unspecified atom stereocenters. The van der Waals surface area contributed by atoms with Gasteiger partial charge in [-0.25, -0.2) is 4.98 Å². The molecule has 12 heavy (non-hydrogen) atoms. The summed E-state index contributed by atoms with van der Waals surface area (Å²) in [6.45, 7) is 3.82. The summed E-state index contributed by atoms with van der Waals surface area (Å²) in [5, 5.41) is 1.20. The van der Waals surface area contributed by atoms with Gasteiger partial charge >= 0.3 is 0 Å². The second kappa shape index (κ2) is 3.23. The van der Waals surface area contributed by atoms with E-state index in [2.05, 4.69) is 30.1 Å². The summed E-state index contributed by atoms with van der Waals surface area (Å²) in [5.41, 5.74) is 1.12. The van der Waals surface area contributed by atoms with Gasteiger partial charge in [-0.05, 0) is 25.0 Å². The van der Waals surface area contributed by atoms with E-state index in [1.807, 2.05) is 6.07 Å². The van der Waals surface area contributed by atoms with Crippen LogP contribution in [0.1, 0.15) is 11.4 Å². The predicted octanol–water partition coefficient (Wildman–Crippen LogP) is 3.06. The van der Waals surface area contributed by atoms with Crippen LogP contribution in [0, 0.1) is 6.92 Å². The number of nitrogens with zero attached hydrogens (tertiary/aromatic N) is 1. The zero-order valence-electron chi connectivity index (χ0n) is 6.79. The number of aromatic nitrogens is 1. The maximum Gasteiger partial charge on any atom is 0.0938 e. The van der Waals surface area contributed by atoms with E-state index < -0.39 is 0 Å². The fourth-order valence-electron chi connectivity index (χ4n) is 1.18. The normalized spacial score (nSPS) is 10.8. The number of thiazole rings is 1. The van der Waals surface area contributed by atoms with Crippen molar-refractivity contribution in [3.8, 4) is 0 Å². The summed E-state index contributed by atoms with van der Waals surface area (Å²) < 4.78 is 1.28. The van der Waals surface area contributed by atoms with E-state index in [0.717, 1.165) is 18.4 Å². The molecule has 1 aromatic heterocycles. The van der Waals surface area contributed by atoms with E-state index in [-0.39, 0.29) is 0 Å². The summed E-state index contributed by atoms with van der Waals surface area (Å²) >= 11 is 1.77. The van der Waals surface area contributed by atoms with Gasteiger partial charge in [-0.1, -0.05) is 19.1 Å². The monoisotopic (exact) mass is 176 g/mol. The topological polar surface area (TPSA) is 12.9 Å².